The van der Waals surface area contributed by atoms with E-state index in [1.807, 2.05) is 13.8 Å². The molecule has 15 heavy (non-hydrogen) atoms. The molecule has 0 atom stereocenters. The number of ether oxygens (including phenoxy) is 1. The van der Waals surface area contributed by atoms with Crippen molar-refractivity contribution in [2.45, 2.75) is 45.3 Å². The molecule has 1 amide bonds. The molecular formula is C11H22N2O2. The summed E-state index contributed by atoms with van der Waals surface area (Å²) in [6.07, 6.45) is 2.05. The molecule has 1 rings (SSSR count). The van der Waals surface area contributed by atoms with Gasteiger partial charge in [-0.25, -0.2) is 0 Å². The van der Waals surface area contributed by atoms with E-state index in [0.29, 0.717) is 6.04 Å². The van der Waals surface area contributed by atoms with Crippen molar-refractivity contribution >= 4 is 5.91 Å². The van der Waals surface area contributed by atoms with Crippen LogP contribution in [-0.2, 0) is 9.53 Å². The predicted octanol–water partition coefficient (Wildman–Crippen LogP) is 0.670. The molecule has 0 unspecified atom stereocenters. The molecule has 0 bridgehead atoms. The molecule has 1 aliphatic rings. The van der Waals surface area contributed by atoms with E-state index in [1.54, 1.807) is 0 Å². The maximum Gasteiger partial charge on any atom is 0.246 e. The second kappa shape index (κ2) is 5.47. The average Bonchev–Trinajstić information content (AvgIpc) is 2.08. The van der Waals surface area contributed by atoms with Crippen molar-refractivity contribution in [3.63, 3.8) is 0 Å². The van der Waals surface area contributed by atoms with Crippen LogP contribution in [0.25, 0.3) is 0 Å². The zero-order valence-electron chi connectivity index (χ0n) is 9.93. The highest BCUT2D eigenvalue weighted by Crippen LogP contribution is 2.15. The second-order valence-electron chi connectivity index (χ2n) is 4.72. The van der Waals surface area contributed by atoms with Gasteiger partial charge in [0, 0.05) is 13.1 Å². The lowest BCUT2D eigenvalue weighted by molar-refractivity contribution is -0.132. The van der Waals surface area contributed by atoms with Gasteiger partial charge in [0.25, 0.3) is 0 Å². The van der Waals surface area contributed by atoms with Gasteiger partial charge in [0.05, 0.1) is 11.6 Å². The van der Waals surface area contributed by atoms with Crippen molar-refractivity contribution in [1.82, 2.24) is 10.6 Å². The summed E-state index contributed by atoms with van der Waals surface area (Å²) < 4.78 is 5.57. The van der Waals surface area contributed by atoms with Crippen molar-refractivity contribution in [3.05, 3.63) is 0 Å². The molecule has 1 heterocycles. The maximum atomic E-state index is 11.4. The van der Waals surface area contributed by atoms with E-state index in [2.05, 4.69) is 17.6 Å². The summed E-state index contributed by atoms with van der Waals surface area (Å²) in [5.74, 6) is -0.00863. The number of amides is 1. The Bertz CT molecular complexity index is 213. The van der Waals surface area contributed by atoms with Gasteiger partial charge in [-0.2, -0.15) is 0 Å². The summed E-state index contributed by atoms with van der Waals surface area (Å²) in [5.41, 5.74) is -0.191. The monoisotopic (exact) mass is 214 g/mol. The van der Waals surface area contributed by atoms with Crippen molar-refractivity contribution in [3.8, 4) is 0 Å². The van der Waals surface area contributed by atoms with Gasteiger partial charge in [0.2, 0.25) is 5.91 Å². The molecule has 2 N–H and O–H groups in total. The minimum absolute atomic E-state index is 0.00863. The van der Waals surface area contributed by atoms with Gasteiger partial charge in [0.15, 0.2) is 0 Å². The van der Waals surface area contributed by atoms with E-state index >= 15 is 0 Å². The van der Waals surface area contributed by atoms with Crippen LogP contribution in [0.1, 0.15) is 33.6 Å². The van der Waals surface area contributed by atoms with Gasteiger partial charge >= 0.3 is 0 Å². The molecule has 0 spiro atoms. The van der Waals surface area contributed by atoms with Crippen LogP contribution in [0.3, 0.4) is 0 Å². The van der Waals surface area contributed by atoms with Crippen LogP contribution in [0.15, 0.2) is 0 Å². The SMILES string of the molecule is CCCC(C)(C)OCC(=O)NC1CNC1. The second-order valence-corrected chi connectivity index (χ2v) is 4.72. The minimum atomic E-state index is -0.191. The third-order valence-corrected chi connectivity index (χ3v) is 2.59. The molecule has 0 saturated carbocycles. The fourth-order valence-electron chi connectivity index (χ4n) is 1.60. The molecule has 0 aromatic heterocycles. The number of carbonyl (C=O) groups is 1. The quantitative estimate of drug-likeness (QED) is 0.683. The number of nitrogens with one attached hydrogen (secondary N) is 2. The van der Waals surface area contributed by atoms with Crippen LogP contribution in [0, 0.1) is 0 Å². The summed E-state index contributed by atoms with van der Waals surface area (Å²) >= 11 is 0. The Kier molecular flexibility index (Phi) is 4.54. The topological polar surface area (TPSA) is 50.4 Å². The molecule has 0 aromatic carbocycles. The van der Waals surface area contributed by atoms with E-state index in [1.165, 1.54) is 0 Å². The Morgan fingerprint density at radius 3 is 2.67 bits per heavy atom. The van der Waals surface area contributed by atoms with Gasteiger partial charge < -0.3 is 15.4 Å². The van der Waals surface area contributed by atoms with Gasteiger partial charge in [-0.3, -0.25) is 4.79 Å². The summed E-state index contributed by atoms with van der Waals surface area (Å²) in [5, 5.41) is 6.01. The average molecular weight is 214 g/mol. The Labute approximate surface area is 91.8 Å². The van der Waals surface area contributed by atoms with Gasteiger partial charge in [-0.15, -0.1) is 0 Å². The zero-order chi connectivity index (χ0) is 11.3. The van der Waals surface area contributed by atoms with E-state index in [4.69, 9.17) is 4.74 Å². The Hall–Kier alpha value is -0.610. The van der Waals surface area contributed by atoms with E-state index in [0.717, 1.165) is 25.9 Å². The van der Waals surface area contributed by atoms with Gasteiger partial charge in [0.1, 0.15) is 6.61 Å². The first-order valence-corrected chi connectivity index (χ1v) is 5.67. The lowest BCUT2D eigenvalue weighted by Crippen LogP contribution is -2.57. The number of carbonyl (C=O) groups excluding carboxylic acids is 1. The Morgan fingerprint density at radius 1 is 1.53 bits per heavy atom. The van der Waals surface area contributed by atoms with E-state index in [9.17, 15) is 4.79 Å². The number of hydrogen-bond donors (Lipinski definition) is 2. The molecule has 88 valence electrons. The summed E-state index contributed by atoms with van der Waals surface area (Å²) in [7, 11) is 0. The molecule has 0 aliphatic carbocycles. The first-order valence-electron chi connectivity index (χ1n) is 5.67. The Morgan fingerprint density at radius 2 is 2.20 bits per heavy atom. The molecule has 0 aromatic rings. The fraction of sp³-hybridized carbons (Fsp3) is 0.909. The highest BCUT2D eigenvalue weighted by Gasteiger charge is 2.21. The van der Waals surface area contributed by atoms with Gasteiger partial charge in [-0.1, -0.05) is 13.3 Å². The Balaban J connectivity index is 2.14. The fourth-order valence-corrected chi connectivity index (χ4v) is 1.60. The molecule has 1 aliphatic heterocycles. The number of hydrogen-bond acceptors (Lipinski definition) is 3. The highest BCUT2D eigenvalue weighted by atomic mass is 16.5. The van der Waals surface area contributed by atoms with E-state index in [-0.39, 0.29) is 18.1 Å². The molecule has 1 fully saturated rings. The minimum Gasteiger partial charge on any atom is -0.366 e. The van der Waals surface area contributed by atoms with Crippen molar-refractivity contribution in [2.75, 3.05) is 19.7 Å². The highest BCUT2D eigenvalue weighted by molar-refractivity contribution is 5.77. The van der Waals surface area contributed by atoms with Crippen LogP contribution >= 0.6 is 0 Å². The zero-order valence-corrected chi connectivity index (χ0v) is 9.93. The van der Waals surface area contributed by atoms with Crippen LogP contribution < -0.4 is 10.6 Å². The van der Waals surface area contributed by atoms with Crippen molar-refractivity contribution in [1.29, 1.82) is 0 Å². The van der Waals surface area contributed by atoms with Gasteiger partial charge in [-0.05, 0) is 20.3 Å². The van der Waals surface area contributed by atoms with Crippen molar-refractivity contribution < 1.29 is 9.53 Å². The van der Waals surface area contributed by atoms with Crippen molar-refractivity contribution in [2.24, 2.45) is 0 Å². The first-order chi connectivity index (χ1) is 7.03. The molecule has 4 heteroatoms. The molecule has 4 nitrogen and oxygen atoms in total. The van der Waals surface area contributed by atoms with Crippen LogP contribution in [0.5, 0.6) is 0 Å². The first kappa shape index (κ1) is 12.5. The summed E-state index contributed by atoms with van der Waals surface area (Å²) in [6, 6.07) is 0.301. The normalized spacial score (nSPS) is 17.3. The molecule has 0 radical (unpaired) electrons. The molecular weight excluding hydrogens is 192 g/mol. The lowest BCUT2D eigenvalue weighted by atomic mass is 10.0. The standard InChI is InChI=1S/C11H22N2O2/c1-4-5-11(2,3)15-8-10(14)13-9-6-12-7-9/h9,12H,4-8H2,1-3H3,(H,13,14). The summed E-state index contributed by atoms with van der Waals surface area (Å²) in [6.45, 7) is 8.09. The number of rotatable bonds is 6. The van der Waals surface area contributed by atoms with E-state index < -0.39 is 0 Å². The predicted molar refractivity (Wildman–Crippen MR) is 59.7 cm³/mol. The third-order valence-electron chi connectivity index (χ3n) is 2.59. The van der Waals surface area contributed by atoms with Crippen LogP contribution in [-0.4, -0.2) is 37.2 Å². The van der Waals surface area contributed by atoms with Crippen LogP contribution in [0.4, 0.5) is 0 Å². The lowest BCUT2D eigenvalue weighted by Gasteiger charge is -2.29. The smallest absolute Gasteiger partial charge is 0.246 e. The van der Waals surface area contributed by atoms with Crippen LogP contribution in [0.2, 0.25) is 0 Å². The maximum absolute atomic E-state index is 11.4. The summed E-state index contributed by atoms with van der Waals surface area (Å²) in [4.78, 5) is 11.4. The molecule has 1 saturated heterocycles. The third kappa shape index (κ3) is 4.62. The largest absolute Gasteiger partial charge is 0.366 e.